The van der Waals surface area contributed by atoms with Crippen molar-refractivity contribution in [3.63, 3.8) is 0 Å². The van der Waals surface area contributed by atoms with Crippen LogP contribution >= 0.6 is 15.9 Å². The van der Waals surface area contributed by atoms with Gasteiger partial charge in [-0.25, -0.2) is 16.8 Å². The van der Waals surface area contributed by atoms with Gasteiger partial charge in [0.05, 0.1) is 9.79 Å². The second-order valence-corrected chi connectivity index (χ2v) is 38.2. The number of anilines is 2. The minimum atomic E-state index is -3.84. The Hall–Kier alpha value is -4.86. The Morgan fingerprint density at radius 3 is 1.03 bits per heavy atom. The summed E-state index contributed by atoms with van der Waals surface area (Å²) in [6.45, 7) is 21.3. The number of nitrogens with zero attached hydrogens (tertiary/aromatic N) is 10. The molecular weight excluding hydrogens is 1440 g/mol. The predicted octanol–water partition coefficient (Wildman–Crippen LogP) is 14.3. The van der Waals surface area contributed by atoms with Crippen molar-refractivity contribution in [2.24, 2.45) is 11.8 Å². The third kappa shape index (κ3) is 23.1. The summed E-state index contributed by atoms with van der Waals surface area (Å²) in [5.74, 6) is 1.91. The number of hydrogen-bond acceptors (Lipinski definition) is 12. The number of hydrogen-bond donors (Lipinski definition) is 0. The molecule has 103 heavy (non-hydrogen) atoms. The highest BCUT2D eigenvalue weighted by molar-refractivity contribution is 9.10. The quantitative estimate of drug-likeness (QED) is 0.0809. The molecule has 0 unspecified atom stereocenters. The molecule has 568 valence electrons. The minimum Gasteiger partial charge on any atom is -0.378 e. The number of benzene rings is 5. The number of halogens is 1. The lowest BCUT2D eigenvalue weighted by atomic mass is 9.89. The molecule has 0 radical (unpaired) electrons. The Balaban J connectivity index is 0.000000235. The van der Waals surface area contributed by atoms with Gasteiger partial charge in [-0.15, -0.1) is 0 Å². The van der Waals surface area contributed by atoms with E-state index in [1.54, 1.807) is 41.5 Å². The van der Waals surface area contributed by atoms with Crippen molar-refractivity contribution in [3.8, 4) is 11.1 Å². The monoisotopic (exact) mass is 1550 g/mol. The summed E-state index contributed by atoms with van der Waals surface area (Å²) >= 11 is 3.51. The normalized spacial score (nSPS) is 21.0. The third-order valence-electron chi connectivity index (χ3n) is 21.6. The number of rotatable bonds is 17. The van der Waals surface area contributed by atoms with Gasteiger partial charge in [-0.2, -0.15) is 42.7 Å². The fourth-order valence-electron chi connectivity index (χ4n) is 15.8. The van der Waals surface area contributed by atoms with Crippen LogP contribution in [0.2, 0.25) is 0 Å². The first-order chi connectivity index (χ1) is 49.4. The van der Waals surface area contributed by atoms with E-state index in [2.05, 4.69) is 87.4 Å². The van der Waals surface area contributed by atoms with E-state index in [9.17, 15) is 33.7 Å². The lowest BCUT2D eigenvalue weighted by Crippen LogP contribution is -2.49. The van der Waals surface area contributed by atoms with Crippen LogP contribution in [0, 0.1) is 11.8 Å². The second kappa shape index (κ2) is 39.3. The highest BCUT2D eigenvalue weighted by Crippen LogP contribution is 2.35. The van der Waals surface area contributed by atoms with Crippen LogP contribution < -0.4 is 9.80 Å². The molecule has 0 aromatic heterocycles. The van der Waals surface area contributed by atoms with Gasteiger partial charge >= 0.3 is 0 Å². The first-order valence-electron chi connectivity index (χ1n) is 38.2. The Morgan fingerprint density at radius 1 is 0.359 bits per heavy atom. The molecule has 2 aliphatic carbocycles. The molecule has 0 amide bonds. The van der Waals surface area contributed by atoms with Gasteiger partial charge < -0.3 is 19.6 Å². The van der Waals surface area contributed by atoms with Crippen molar-refractivity contribution in [2.45, 2.75) is 151 Å². The molecule has 6 fully saturated rings. The van der Waals surface area contributed by atoms with E-state index in [4.69, 9.17) is 0 Å². The molecule has 0 atom stereocenters. The van der Waals surface area contributed by atoms with Gasteiger partial charge in [0.1, 0.15) is 0 Å². The van der Waals surface area contributed by atoms with Crippen molar-refractivity contribution < 1.29 is 33.7 Å². The van der Waals surface area contributed by atoms with E-state index >= 15 is 0 Å². The van der Waals surface area contributed by atoms with Crippen LogP contribution in [0.1, 0.15) is 152 Å². The molecule has 11 rings (SSSR count). The third-order valence-corrected chi connectivity index (χ3v) is 29.8. The SMILES string of the molecule is C=C1CN(S(=O)(=O)c2ccc(N(C)C)cc2)CCCN(CC2CCCCC2)CCCN(S(=O)(=O)N2CCC(c3ccc(-c4ccccc4)cc3)CC2)C1.C=C1CN(S(=O)(=O)c2ccc(N(C)C)cc2)CCCN(CC2CCCCC2)CCCN(S(=O)(=O)N2CCC(c3ccc(Br)cc3)CC2)C1.CC. The van der Waals surface area contributed by atoms with Gasteiger partial charge in [0.15, 0.2) is 0 Å². The van der Waals surface area contributed by atoms with E-state index < -0.39 is 40.5 Å². The first kappa shape index (κ1) is 82.2. The summed E-state index contributed by atoms with van der Waals surface area (Å²) in [5.41, 5.74) is 7.85. The maximum Gasteiger partial charge on any atom is 0.282 e. The van der Waals surface area contributed by atoms with Crippen molar-refractivity contribution in [3.05, 3.63) is 167 Å². The van der Waals surface area contributed by atoms with E-state index in [1.807, 2.05) is 106 Å². The largest absolute Gasteiger partial charge is 0.378 e. The Morgan fingerprint density at radius 2 is 0.680 bits per heavy atom. The zero-order valence-electron chi connectivity index (χ0n) is 62.6. The average molecular weight is 1560 g/mol. The second-order valence-electron chi connectivity index (χ2n) is 29.5. The Labute approximate surface area is 629 Å². The lowest BCUT2D eigenvalue weighted by Gasteiger charge is -2.36. The molecule has 4 aliphatic heterocycles. The molecule has 4 heterocycles. The first-order valence-corrected chi connectivity index (χ1v) is 44.6. The van der Waals surface area contributed by atoms with Crippen LogP contribution in [0.25, 0.3) is 11.1 Å². The highest BCUT2D eigenvalue weighted by Gasteiger charge is 2.38. The van der Waals surface area contributed by atoms with Crippen LogP contribution in [0.4, 0.5) is 11.4 Å². The summed E-state index contributed by atoms with van der Waals surface area (Å²) in [6, 6.07) is 41.3. The standard InChI is InChI=1S/C42H59N5O4S2.C36H54BrN5O4S2.C2H6/c1-35-32-46(52(48,49)42-22-20-41(21-23-42)43(2)3)28-10-26-44(34-36-12-6-4-7-13-36)27-11-29-47(33-35)53(50,51)45-30-24-40(25-31-45)39-18-16-38(17-19-39)37-14-8-5-9-15-37;1-30-27-41(47(43,44)36-17-15-35(16-18-36)38(2)3)23-7-21-39(29-31-9-5-4-6-10-31)22-8-24-42(28-30)48(45,46)40-25-19-33(20-26-40)32-11-13-34(37)14-12-32;1-2/h5,8-9,14-23,36,40H,1,4,6-7,10-13,24-34H2,2-3H3;11-18,31,33H,1,4-10,19-29H2,2-3H3;1-2H3. The zero-order valence-corrected chi connectivity index (χ0v) is 67.4. The van der Waals surface area contributed by atoms with Crippen LogP contribution in [-0.2, 0) is 40.5 Å². The van der Waals surface area contributed by atoms with E-state index in [1.165, 1.54) is 95.1 Å². The van der Waals surface area contributed by atoms with Crippen molar-refractivity contribution in [2.75, 3.05) is 156 Å². The van der Waals surface area contributed by atoms with Crippen LogP contribution in [0.15, 0.2) is 166 Å². The van der Waals surface area contributed by atoms with Gasteiger partial charge in [-0.1, -0.05) is 148 Å². The summed E-state index contributed by atoms with van der Waals surface area (Å²) < 4.78 is 124. The zero-order chi connectivity index (χ0) is 73.7. The molecule has 2 saturated carbocycles. The van der Waals surface area contributed by atoms with Crippen LogP contribution in [-0.4, -0.2) is 215 Å². The molecule has 5 aromatic rings. The molecular formula is C80H119BrN10O8S4. The van der Waals surface area contributed by atoms with Crippen molar-refractivity contribution >= 4 is 67.8 Å². The summed E-state index contributed by atoms with van der Waals surface area (Å²) in [6.07, 6.45) is 18.5. The predicted molar refractivity (Wildman–Crippen MR) is 427 cm³/mol. The Kier molecular flexibility index (Phi) is 31.4. The number of piperidine rings is 2. The maximum absolute atomic E-state index is 14.4. The van der Waals surface area contributed by atoms with Gasteiger partial charge in [0.25, 0.3) is 20.4 Å². The fourth-order valence-corrected chi connectivity index (χ4v) is 22.4. The van der Waals surface area contributed by atoms with Crippen molar-refractivity contribution in [1.82, 2.24) is 35.6 Å². The molecule has 5 aromatic carbocycles. The molecule has 0 spiro atoms. The fraction of sp³-hybridized carbons (Fsp3) is 0.575. The smallest absolute Gasteiger partial charge is 0.282 e. The van der Waals surface area contributed by atoms with E-state index in [0.717, 1.165) is 93.6 Å². The molecule has 4 saturated heterocycles. The number of sulfonamides is 2. The molecule has 0 bridgehead atoms. The van der Waals surface area contributed by atoms with Crippen molar-refractivity contribution in [1.29, 1.82) is 0 Å². The topological polar surface area (TPSA) is 169 Å². The van der Waals surface area contributed by atoms with E-state index in [-0.39, 0.29) is 36.0 Å². The molecule has 23 heteroatoms. The summed E-state index contributed by atoms with van der Waals surface area (Å²) in [7, 11) is -7.54. The summed E-state index contributed by atoms with van der Waals surface area (Å²) in [5, 5.41) is 0. The summed E-state index contributed by atoms with van der Waals surface area (Å²) in [4.78, 5) is 9.28. The van der Waals surface area contributed by atoms with Gasteiger partial charge in [0, 0.05) is 136 Å². The van der Waals surface area contributed by atoms with Gasteiger partial charge in [0.2, 0.25) is 20.0 Å². The van der Waals surface area contributed by atoms with E-state index in [0.29, 0.717) is 100 Å². The molecule has 6 aliphatic rings. The van der Waals surface area contributed by atoms with Gasteiger partial charge in [-0.3, -0.25) is 0 Å². The maximum atomic E-state index is 14.4. The van der Waals surface area contributed by atoms with Crippen LogP contribution in [0.5, 0.6) is 0 Å². The lowest BCUT2D eigenvalue weighted by molar-refractivity contribution is 0.187. The van der Waals surface area contributed by atoms with Crippen LogP contribution in [0.3, 0.4) is 0 Å². The highest BCUT2D eigenvalue weighted by atomic mass is 79.9. The van der Waals surface area contributed by atoms with Gasteiger partial charge in [-0.05, 0) is 221 Å². The average Bonchev–Trinajstić information content (AvgIpc) is 0.808. The molecule has 18 nitrogen and oxygen atoms in total. The molecule has 0 N–H and O–H groups in total. The Bertz CT molecular complexity index is 3900. The minimum absolute atomic E-state index is 0.0768.